The van der Waals surface area contributed by atoms with Crippen LogP contribution in [0, 0.1) is 0 Å². The van der Waals surface area contributed by atoms with Crippen LogP contribution in [0.2, 0.25) is 0 Å². The number of ether oxygens (including phenoxy) is 4. The second-order valence-corrected chi connectivity index (χ2v) is 9.19. The standard InChI is InChI=1S/C31H30O7S/c1-3-29(32)38-21-6-5-20-36-26-13-11-24(12-14-26)23-7-9-25(10-8-23)31(34)39-28-17-15-27(16-18-28)37-22-19-30(33)35-4-2/h3-4,7-18H,1-2,5-6,19-22H2. The van der Waals surface area contributed by atoms with Gasteiger partial charge in [0.1, 0.15) is 11.5 Å². The maximum atomic E-state index is 12.7. The van der Waals surface area contributed by atoms with Crippen LogP contribution in [0.25, 0.3) is 11.1 Å². The minimum absolute atomic E-state index is 0.0644. The molecular weight excluding hydrogens is 516 g/mol. The number of esters is 2. The van der Waals surface area contributed by atoms with Gasteiger partial charge in [-0.2, -0.15) is 0 Å². The van der Waals surface area contributed by atoms with Gasteiger partial charge in [0.2, 0.25) is 5.12 Å². The van der Waals surface area contributed by atoms with Crippen molar-refractivity contribution in [3.63, 3.8) is 0 Å². The number of carbonyl (C=O) groups excluding carboxylic acids is 3. The van der Waals surface area contributed by atoms with Crippen LogP contribution < -0.4 is 9.47 Å². The summed E-state index contributed by atoms with van der Waals surface area (Å²) in [5.74, 6) is 0.540. The van der Waals surface area contributed by atoms with E-state index in [1.165, 1.54) is 0 Å². The lowest BCUT2D eigenvalue weighted by molar-refractivity contribution is -0.139. The number of rotatable bonds is 15. The molecule has 0 saturated heterocycles. The monoisotopic (exact) mass is 546 g/mol. The predicted octanol–water partition coefficient (Wildman–Crippen LogP) is 6.63. The highest BCUT2D eigenvalue weighted by Crippen LogP contribution is 2.27. The zero-order chi connectivity index (χ0) is 27.9. The summed E-state index contributed by atoms with van der Waals surface area (Å²) in [6, 6.07) is 22.3. The molecule has 3 aromatic carbocycles. The lowest BCUT2D eigenvalue weighted by Gasteiger charge is -2.08. The highest BCUT2D eigenvalue weighted by atomic mass is 32.2. The summed E-state index contributed by atoms with van der Waals surface area (Å²) in [6.45, 7) is 7.76. The van der Waals surface area contributed by atoms with Gasteiger partial charge in [-0.3, -0.25) is 9.59 Å². The first-order valence-electron chi connectivity index (χ1n) is 12.4. The largest absolute Gasteiger partial charge is 0.494 e. The highest BCUT2D eigenvalue weighted by molar-refractivity contribution is 8.14. The first-order valence-corrected chi connectivity index (χ1v) is 13.2. The number of unbranched alkanes of at least 4 members (excludes halogenated alkanes) is 1. The van der Waals surface area contributed by atoms with Crippen LogP contribution in [0.3, 0.4) is 0 Å². The second-order valence-electron chi connectivity index (χ2n) is 8.14. The molecule has 0 aromatic heterocycles. The Morgan fingerprint density at radius 2 is 1.28 bits per heavy atom. The normalized spacial score (nSPS) is 10.3. The first kappa shape index (κ1) is 29.3. The minimum atomic E-state index is -0.414. The Hall–Kier alpha value is -4.30. The molecule has 3 aromatic rings. The van der Waals surface area contributed by atoms with E-state index in [2.05, 4.69) is 17.9 Å². The van der Waals surface area contributed by atoms with Gasteiger partial charge in [-0.05, 0) is 84.3 Å². The van der Waals surface area contributed by atoms with Crippen LogP contribution >= 0.6 is 11.8 Å². The van der Waals surface area contributed by atoms with Crippen LogP contribution in [0.15, 0.2) is 103 Å². The Balaban J connectivity index is 1.43. The summed E-state index contributed by atoms with van der Waals surface area (Å²) in [5.41, 5.74) is 2.60. The third-order valence-corrected chi connectivity index (χ3v) is 6.28. The van der Waals surface area contributed by atoms with E-state index >= 15 is 0 Å². The van der Waals surface area contributed by atoms with Gasteiger partial charge >= 0.3 is 11.9 Å². The topological polar surface area (TPSA) is 88.1 Å². The Morgan fingerprint density at radius 1 is 0.718 bits per heavy atom. The van der Waals surface area contributed by atoms with Crippen LogP contribution in [0.4, 0.5) is 0 Å². The van der Waals surface area contributed by atoms with E-state index < -0.39 is 11.9 Å². The lowest BCUT2D eigenvalue weighted by atomic mass is 10.0. The molecule has 0 radical (unpaired) electrons. The quantitative estimate of drug-likeness (QED) is 0.0690. The van der Waals surface area contributed by atoms with Crippen molar-refractivity contribution in [3.05, 3.63) is 104 Å². The van der Waals surface area contributed by atoms with Crippen molar-refractivity contribution in [1.29, 1.82) is 0 Å². The van der Waals surface area contributed by atoms with Gasteiger partial charge in [-0.25, -0.2) is 4.79 Å². The number of carbonyl (C=O) groups is 3. The molecule has 39 heavy (non-hydrogen) atoms. The van der Waals surface area contributed by atoms with Crippen molar-refractivity contribution in [2.45, 2.75) is 24.2 Å². The fourth-order valence-corrected chi connectivity index (χ4v) is 4.08. The number of hydrogen-bond donors (Lipinski definition) is 0. The molecule has 202 valence electrons. The molecule has 0 fully saturated rings. The first-order chi connectivity index (χ1) is 19.0. The van der Waals surface area contributed by atoms with Crippen LogP contribution in [-0.2, 0) is 19.1 Å². The van der Waals surface area contributed by atoms with Crippen LogP contribution in [-0.4, -0.2) is 36.9 Å². The van der Waals surface area contributed by atoms with Gasteiger partial charge in [0, 0.05) is 16.5 Å². The molecule has 0 atom stereocenters. The molecule has 0 aliphatic carbocycles. The van der Waals surface area contributed by atoms with Gasteiger partial charge in [-0.15, -0.1) is 0 Å². The van der Waals surface area contributed by atoms with Crippen LogP contribution in [0.1, 0.15) is 29.6 Å². The second kappa shape index (κ2) is 15.8. The molecule has 0 amide bonds. The fourth-order valence-electron chi connectivity index (χ4n) is 3.34. The smallest absolute Gasteiger partial charge is 0.330 e. The van der Waals surface area contributed by atoms with Crippen LogP contribution in [0.5, 0.6) is 11.5 Å². The minimum Gasteiger partial charge on any atom is -0.494 e. The molecule has 0 aliphatic heterocycles. The highest BCUT2D eigenvalue weighted by Gasteiger charge is 2.10. The summed E-state index contributed by atoms with van der Waals surface area (Å²) in [7, 11) is 0. The van der Waals surface area contributed by atoms with E-state index in [1.54, 1.807) is 24.3 Å². The van der Waals surface area contributed by atoms with Gasteiger partial charge in [0.15, 0.2) is 0 Å². The predicted molar refractivity (Wildman–Crippen MR) is 151 cm³/mol. The fraction of sp³-hybridized carbons (Fsp3) is 0.194. The average molecular weight is 547 g/mol. The van der Waals surface area contributed by atoms with Crippen molar-refractivity contribution in [2.24, 2.45) is 0 Å². The third-order valence-electron chi connectivity index (χ3n) is 5.35. The Bertz CT molecular complexity index is 1250. The van der Waals surface area contributed by atoms with E-state index in [9.17, 15) is 14.4 Å². The number of hydrogen-bond acceptors (Lipinski definition) is 8. The molecule has 0 saturated carbocycles. The molecule has 0 N–H and O–H groups in total. The van der Waals surface area contributed by atoms with Crippen molar-refractivity contribution < 1.29 is 33.3 Å². The lowest BCUT2D eigenvalue weighted by Crippen LogP contribution is -2.06. The molecule has 8 heteroatoms. The Labute approximate surface area is 232 Å². The number of benzene rings is 3. The van der Waals surface area contributed by atoms with Crippen molar-refractivity contribution >= 4 is 28.8 Å². The summed E-state index contributed by atoms with van der Waals surface area (Å²) in [5, 5.41) is -0.0644. The summed E-state index contributed by atoms with van der Waals surface area (Å²) in [6.07, 6.45) is 3.85. The van der Waals surface area contributed by atoms with E-state index in [4.69, 9.17) is 14.2 Å². The van der Waals surface area contributed by atoms with E-state index in [0.717, 1.165) is 58.7 Å². The molecule has 0 aliphatic rings. The zero-order valence-electron chi connectivity index (χ0n) is 21.5. The Kier molecular flexibility index (Phi) is 11.9. The van der Waals surface area contributed by atoms with Crippen molar-refractivity contribution in [2.75, 3.05) is 19.8 Å². The van der Waals surface area contributed by atoms with Gasteiger partial charge in [0.25, 0.3) is 0 Å². The zero-order valence-corrected chi connectivity index (χ0v) is 22.3. The summed E-state index contributed by atoms with van der Waals surface area (Å²) >= 11 is 1.13. The number of thioether (sulfide) groups is 1. The third kappa shape index (κ3) is 10.2. The summed E-state index contributed by atoms with van der Waals surface area (Å²) in [4.78, 5) is 35.8. The SMILES string of the molecule is C=COC(=O)CCOc1ccc(SC(=O)c2ccc(-c3ccc(OCCCCOC(=O)C=C)cc3)cc2)cc1. The van der Waals surface area contributed by atoms with E-state index in [-0.39, 0.29) is 18.1 Å². The molecule has 0 heterocycles. The molecule has 0 spiro atoms. The van der Waals surface area contributed by atoms with Gasteiger partial charge in [-0.1, -0.05) is 37.4 Å². The molecule has 7 nitrogen and oxygen atoms in total. The molecule has 0 unspecified atom stereocenters. The molecule has 0 bridgehead atoms. The van der Waals surface area contributed by atoms with Gasteiger partial charge in [0.05, 0.1) is 32.5 Å². The van der Waals surface area contributed by atoms with Crippen molar-refractivity contribution in [1.82, 2.24) is 0 Å². The average Bonchev–Trinajstić information content (AvgIpc) is 2.96. The van der Waals surface area contributed by atoms with E-state index in [1.807, 2.05) is 48.5 Å². The molecule has 3 rings (SSSR count). The van der Waals surface area contributed by atoms with Gasteiger partial charge < -0.3 is 18.9 Å². The Morgan fingerprint density at radius 3 is 1.90 bits per heavy atom. The van der Waals surface area contributed by atoms with Crippen molar-refractivity contribution in [3.8, 4) is 22.6 Å². The molecular formula is C31H30O7S. The summed E-state index contributed by atoms with van der Waals surface area (Å²) < 4.78 is 20.8. The van der Waals surface area contributed by atoms with E-state index in [0.29, 0.717) is 24.5 Å². The maximum absolute atomic E-state index is 12.7. The maximum Gasteiger partial charge on any atom is 0.330 e.